The lowest BCUT2D eigenvalue weighted by Crippen LogP contribution is -2.06. The van der Waals surface area contributed by atoms with Gasteiger partial charge in [0, 0.05) is 12.0 Å². The highest BCUT2D eigenvalue weighted by Gasteiger charge is 2.27. The van der Waals surface area contributed by atoms with Gasteiger partial charge in [-0.3, -0.25) is 4.79 Å². The Morgan fingerprint density at radius 1 is 1.24 bits per heavy atom. The molecule has 0 radical (unpaired) electrons. The normalized spacial score (nSPS) is 15.3. The first-order valence-corrected chi connectivity index (χ1v) is 6.75. The molecule has 1 N–H and O–H groups in total. The fourth-order valence-electron chi connectivity index (χ4n) is 2.46. The average molecular weight is 281 g/mol. The largest absolute Gasteiger partial charge is 0.489 e. The summed E-state index contributed by atoms with van der Waals surface area (Å²) in [6.45, 7) is 2.53. The molecular formula is C17H15NO3. The lowest BCUT2D eigenvalue weighted by Gasteiger charge is -2.09. The summed E-state index contributed by atoms with van der Waals surface area (Å²) in [6, 6.07) is 13.4. The highest BCUT2D eigenvalue weighted by molar-refractivity contribution is 6.49. The number of hydrogen-bond acceptors (Lipinski definition) is 4. The van der Waals surface area contributed by atoms with Crippen LogP contribution in [0.4, 0.5) is 0 Å². The van der Waals surface area contributed by atoms with E-state index in [9.17, 15) is 4.79 Å². The second-order valence-corrected chi connectivity index (χ2v) is 5.09. The summed E-state index contributed by atoms with van der Waals surface area (Å²) in [6.07, 6.45) is 0.353. The van der Waals surface area contributed by atoms with Crippen LogP contribution in [0, 0.1) is 6.92 Å². The summed E-state index contributed by atoms with van der Waals surface area (Å²) in [7, 11) is 0. The minimum atomic E-state index is -0.210. The Balaban J connectivity index is 1.78. The Bertz CT molecular complexity index is 735. The fraction of sp³-hybridized carbons (Fsp3) is 0.176. The highest BCUT2D eigenvalue weighted by Crippen LogP contribution is 2.25. The fourth-order valence-corrected chi connectivity index (χ4v) is 2.46. The van der Waals surface area contributed by atoms with Crippen LogP contribution in [0.3, 0.4) is 0 Å². The maximum atomic E-state index is 11.8. The van der Waals surface area contributed by atoms with Crippen LogP contribution in [0.1, 0.15) is 27.0 Å². The van der Waals surface area contributed by atoms with Crippen molar-refractivity contribution in [3.8, 4) is 5.75 Å². The zero-order chi connectivity index (χ0) is 14.8. The number of benzene rings is 2. The lowest BCUT2D eigenvalue weighted by atomic mass is 10.1. The van der Waals surface area contributed by atoms with E-state index in [1.807, 2.05) is 37.3 Å². The van der Waals surface area contributed by atoms with Crippen LogP contribution in [-0.4, -0.2) is 16.7 Å². The second kappa shape index (κ2) is 5.40. The number of oxime groups is 1. The summed E-state index contributed by atoms with van der Waals surface area (Å²) < 4.78 is 5.79. The van der Waals surface area contributed by atoms with Crippen molar-refractivity contribution in [3.63, 3.8) is 0 Å². The van der Waals surface area contributed by atoms with E-state index >= 15 is 0 Å². The van der Waals surface area contributed by atoms with Gasteiger partial charge in [0.25, 0.3) is 0 Å². The second-order valence-electron chi connectivity index (χ2n) is 5.09. The van der Waals surface area contributed by atoms with Gasteiger partial charge in [-0.2, -0.15) is 0 Å². The first-order chi connectivity index (χ1) is 10.2. The van der Waals surface area contributed by atoms with E-state index in [0.29, 0.717) is 24.3 Å². The molecule has 0 bridgehead atoms. The van der Waals surface area contributed by atoms with Gasteiger partial charge in [0.05, 0.1) is 0 Å². The van der Waals surface area contributed by atoms with Crippen molar-refractivity contribution in [3.05, 3.63) is 64.7 Å². The van der Waals surface area contributed by atoms with Gasteiger partial charge in [0.2, 0.25) is 5.78 Å². The van der Waals surface area contributed by atoms with Crippen molar-refractivity contribution in [2.75, 3.05) is 0 Å². The molecule has 3 rings (SSSR count). The zero-order valence-corrected chi connectivity index (χ0v) is 11.7. The Hall–Kier alpha value is -2.62. The zero-order valence-electron chi connectivity index (χ0n) is 11.7. The Kier molecular flexibility index (Phi) is 3.44. The van der Waals surface area contributed by atoms with E-state index in [1.165, 1.54) is 5.56 Å². The van der Waals surface area contributed by atoms with E-state index in [4.69, 9.17) is 9.94 Å². The third kappa shape index (κ3) is 2.52. The number of nitrogens with zero attached hydrogens (tertiary/aromatic N) is 1. The minimum Gasteiger partial charge on any atom is -0.489 e. The monoisotopic (exact) mass is 281 g/mol. The van der Waals surface area contributed by atoms with Crippen LogP contribution in [0.15, 0.2) is 47.6 Å². The lowest BCUT2D eigenvalue weighted by molar-refractivity contribution is 0.106. The van der Waals surface area contributed by atoms with Crippen molar-refractivity contribution in [1.82, 2.24) is 0 Å². The number of rotatable bonds is 3. The Labute approximate surface area is 122 Å². The van der Waals surface area contributed by atoms with Crippen LogP contribution in [0.2, 0.25) is 0 Å². The molecule has 4 nitrogen and oxygen atoms in total. The van der Waals surface area contributed by atoms with Gasteiger partial charge in [-0.1, -0.05) is 29.4 Å². The number of aryl methyl sites for hydroxylation is 1. The predicted molar refractivity (Wildman–Crippen MR) is 79.2 cm³/mol. The summed E-state index contributed by atoms with van der Waals surface area (Å²) in [5, 5.41) is 11.8. The summed E-state index contributed by atoms with van der Waals surface area (Å²) in [4.78, 5) is 11.8. The van der Waals surface area contributed by atoms with Crippen molar-refractivity contribution < 1.29 is 14.7 Å². The number of carbonyl (C=O) groups excluding carboxylic acids is 1. The molecule has 0 fully saturated rings. The Morgan fingerprint density at radius 3 is 2.81 bits per heavy atom. The quantitative estimate of drug-likeness (QED) is 0.694. The molecule has 0 spiro atoms. The molecule has 0 amide bonds. The van der Waals surface area contributed by atoms with Crippen LogP contribution in [0.5, 0.6) is 5.75 Å². The standard InChI is InChI=1S/C17H15NO3/c1-11-4-2-3-5-12(11)10-21-14-6-7-15-13(8-14)9-16(18-20)17(15)19/h2-8,20H,9-10H2,1H3. The number of ether oxygens (including phenoxy) is 1. The van der Waals surface area contributed by atoms with Crippen molar-refractivity contribution >= 4 is 11.5 Å². The maximum Gasteiger partial charge on any atom is 0.211 e. The molecule has 0 heterocycles. The molecule has 2 aromatic rings. The van der Waals surface area contributed by atoms with Crippen LogP contribution >= 0.6 is 0 Å². The van der Waals surface area contributed by atoms with Gasteiger partial charge in [-0.25, -0.2) is 0 Å². The molecule has 2 aromatic carbocycles. The third-order valence-electron chi connectivity index (χ3n) is 3.72. The van der Waals surface area contributed by atoms with E-state index in [2.05, 4.69) is 5.16 Å². The highest BCUT2D eigenvalue weighted by atomic mass is 16.5. The van der Waals surface area contributed by atoms with Crippen LogP contribution < -0.4 is 4.74 Å². The van der Waals surface area contributed by atoms with E-state index in [-0.39, 0.29) is 11.5 Å². The van der Waals surface area contributed by atoms with Crippen molar-refractivity contribution in [2.24, 2.45) is 5.16 Å². The van der Waals surface area contributed by atoms with Crippen LogP contribution in [0.25, 0.3) is 0 Å². The molecule has 4 heteroatoms. The molecule has 1 aliphatic rings. The first-order valence-electron chi connectivity index (χ1n) is 6.75. The number of ketones is 1. The number of Topliss-reactive ketones (excluding diaryl/α,β-unsaturated/α-hetero) is 1. The minimum absolute atomic E-state index is 0.182. The summed E-state index contributed by atoms with van der Waals surface area (Å²) >= 11 is 0. The Morgan fingerprint density at radius 2 is 2.05 bits per heavy atom. The first kappa shape index (κ1) is 13.4. The van der Waals surface area contributed by atoms with Crippen LogP contribution in [-0.2, 0) is 13.0 Å². The average Bonchev–Trinajstić information content (AvgIpc) is 2.82. The SMILES string of the molecule is Cc1ccccc1COc1ccc2c(c1)CC(=NO)C2=O. The molecule has 0 aromatic heterocycles. The van der Waals surface area contributed by atoms with Gasteiger partial charge in [-0.05, 0) is 41.8 Å². The molecule has 0 atom stereocenters. The molecule has 106 valence electrons. The molecule has 0 saturated heterocycles. The topological polar surface area (TPSA) is 58.9 Å². The van der Waals surface area contributed by atoms with Crippen molar-refractivity contribution in [1.29, 1.82) is 0 Å². The van der Waals surface area contributed by atoms with Gasteiger partial charge < -0.3 is 9.94 Å². The molecule has 21 heavy (non-hydrogen) atoms. The van der Waals surface area contributed by atoms with Crippen molar-refractivity contribution in [2.45, 2.75) is 20.0 Å². The summed E-state index contributed by atoms with van der Waals surface area (Å²) in [5.74, 6) is 0.502. The molecule has 0 unspecified atom stereocenters. The molecular weight excluding hydrogens is 266 g/mol. The number of hydrogen-bond donors (Lipinski definition) is 1. The van der Waals surface area contributed by atoms with E-state index in [0.717, 1.165) is 11.1 Å². The van der Waals surface area contributed by atoms with Gasteiger partial charge in [0.15, 0.2) is 0 Å². The molecule has 1 aliphatic carbocycles. The van der Waals surface area contributed by atoms with Gasteiger partial charge in [-0.15, -0.1) is 0 Å². The summed E-state index contributed by atoms with van der Waals surface area (Å²) in [5.41, 5.74) is 3.93. The number of fused-ring (bicyclic) bond motifs is 1. The van der Waals surface area contributed by atoms with Gasteiger partial charge in [0.1, 0.15) is 18.1 Å². The molecule has 0 aliphatic heterocycles. The van der Waals surface area contributed by atoms with E-state index in [1.54, 1.807) is 12.1 Å². The third-order valence-corrected chi connectivity index (χ3v) is 3.72. The maximum absolute atomic E-state index is 11.8. The smallest absolute Gasteiger partial charge is 0.211 e. The molecule has 0 saturated carbocycles. The van der Waals surface area contributed by atoms with Gasteiger partial charge >= 0.3 is 0 Å². The predicted octanol–water partition coefficient (Wildman–Crippen LogP) is 3.14. The number of carbonyl (C=O) groups is 1. The van der Waals surface area contributed by atoms with E-state index < -0.39 is 0 Å².